The average molecular weight is 526 g/mol. The monoisotopic (exact) mass is 525 g/mol. The van der Waals surface area contributed by atoms with E-state index in [-0.39, 0.29) is 42.8 Å². The lowest BCUT2D eigenvalue weighted by Gasteiger charge is -2.42. The maximum absolute atomic E-state index is 15.1. The number of likely N-dealkylation sites (tertiary alicyclic amines) is 2. The number of fused-ring (bicyclic) bond motifs is 1. The summed E-state index contributed by atoms with van der Waals surface area (Å²) in [4.78, 5) is 21.6. The molecule has 6 rings (SSSR count). The highest BCUT2D eigenvalue weighted by atomic mass is 19.3. The number of nitrogens with zero attached hydrogens (tertiary/aromatic N) is 4. The number of hydrogen-bond donors (Lipinski definition) is 1. The van der Waals surface area contributed by atoms with Gasteiger partial charge in [-0.3, -0.25) is 4.90 Å². The summed E-state index contributed by atoms with van der Waals surface area (Å²) in [6, 6.07) is -1.85. The third-order valence-corrected chi connectivity index (χ3v) is 9.40. The number of rotatable bonds is 6. The standard InChI is InChI=1S/C26H38F3N5O3/c1-14(2)33-12-17(27)20(13-33)36-19-5-4-8-26(28,29)21(19)30-24(35)34-10-9-25(3,16-11-18(16)34)23-31-22(37-32-23)15-6-7-15/h14-21H,4-13H2,1-3H3,(H,30,35)/t16?,17?,18?,19-,20-,21?,25?/m0/s1. The van der Waals surface area contributed by atoms with Crippen LogP contribution in [0, 0.1) is 5.92 Å². The fourth-order valence-corrected chi connectivity index (χ4v) is 6.64. The molecule has 8 nitrogen and oxygen atoms in total. The third kappa shape index (κ3) is 4.64. The number of urea groups is 1. The van der Waals surface area contributed by atoms with Gasteiger partial charge in [0, 0.05) is 49.5 Å². The number of aromatic nitrogens is 2. The molecule has 1 aromatic rings. The molecule has 1 N–H and O–H groups in total. The molecule has 11 heteroatoms. The van der Waals surface area contributed by atoms with Crippen LogP contribution in [-0.2, 0) is 10.2 Å². The van der Waals surface area contributed by atoms with E-state index in [2.05, 4.69) is 22.4 Å². The van der Waals surface area contributed by atoms with Gasteiger partial charge < -0.3 is 19.5 Å². The van der Waals surface area contributed by atoms with E-state index in [9.17, 15) is 9.18 Å². The highest BCUT2D eigenvalue weighted by Gasteiger charge is 2.60. The lowest BCUT2D eigenvalue weighted by molar-refractivity contribution is -0.144. The molecule has 0 aromatic carbocycles. The second-order valence-electron chi connectivity index (χ2n) is 12.4. The normalized spacial score (nSPS) is 39.6. The lowest BCUT2D eigenvalue weighted by atomic mass is 9.78. The molecule has 2 amide bonds. The van der Waals surface area contributed by atoms with E-state index in [0.29, 0.717) is 43.6 Å². The summed E-state index contributed by atoms with van der Waals surface area (Å²) >= 11 is 0. The number of halogens is 3. The quantitative estimate of drug-likeness (QED) is 0.604. The van der Waals surface area contributed by atoms with Gasteiger partial charge >= 0.3 is 6.03 Å². The van der Waals surface area contributed by atoms with Crippen LogP contribution in [0.25, 0.3) is 0 Å². The first-order chi connectivity index (χ1) is 17.6. The smallest absolute Gasteiger partial charge is 0.318 e. The number of nitrogens with one attached hydrogen (secondary N) is 1. The number of piperidine rings is 1. The van der Waals surface area contributed by atoms with Crippen LogP contribution in [0.15, 0.2) is 4.52 Å². The van der Waals surface area contributed by atoms with Gasteiger partial charge in [0.15, 0.2) is 5.82 Å². The molecule has 3 saturated carbocycles. The maximum atomic E-state index is 15.1. The van der Waals surface area contributed by atoms with Crippen molar-refractivity contribution in [1.82, 2.24) is 25.3 Å². The molecule has 5 aliphatic rings. The molecule has 206 valence electrons. The van der Waals surface area contributed by atoms with Crippen molar-refractivity contribution in [1.29, 1.82) is 0 Å². The zero-order valence-corrected chi connectivity index (χ0v) is 21.8. The van der Waals surface area contributed by atoms with Crippen LogP contribution in [-0.4, -0.2) is 88.0 Å². The average Bonchev–Trinajstić information content (AvgIpc) is 3.76. The van der Waals surface area contributed by atoms with Crippen LogP contribution < -0.4 is 5.32 Å². The summed E-state index contributed by atoms with van der Waals surface area (Å²) < 4.78 is 56.3. The molecule has 2 saturated heterocycles. The van der Waals surface area contributed by atoms with Gasteiger partial charge in [0.2, 0.25) is 5.89 Å². The third-order valence-electron chi connectivity index (χ3n) is 9.40. The highest BCUT2D eigenvalue weighted by molar-refractivity contribution is 5.76. The highest BCUT2D eigenvalue weighted by Crippen LogP contribution is 2.55. The van der Waals surface area contributed by atoms with Gasteiger partial charge in [-0.05, 0) is 58.3 Å². The minimum absolute atomic E-state index is 0.0390. The molecule has 2 aliphatic heterocycles. The Morgan fingerprint density at radius 2 is 1.97 bits per heavy atom. The second kappa shape index (κ2) is 9.10. The van der Waals surface area contributed by atoms with Gasteiger partial charge in [-0.15, -0.1) is 0 Å². The Hall–Kier alpha value is -1.88. The first kappa shape index (κ1) is 25.4. The summed E-state index contributed by atoms with van der Waals surface area (Å²) in [6.45, 7) is 7.11. The van der Waals surface area contributed by atoms with Crippen molar-refractivity contribution in [3.8, 4) is 0 Å². The Morgan fingerprint density at radius 1 is 1.19 bits per heavy atom. The molecular formula is C26H38F3N5O3. The van der Waals surface area contributed by atoms with Gasteiger partial charge in [0.25, 0.3) is 5.92 Å². The molecule has 0 bridgehead atoms. The molecule has 0 spiro atoms. The van der Waals surface area contributed by atoms with Crippen LogP contribution in [0.1, 0.15) is 83.3 Å². The molecule has 3 aliphatic carbocycles. The van der Waals surface area contributed by atoms with Crippen LogP contribution in [0.5, 0.6) is 0 Å². The minimum atomic E-state index is -3.11. The minimum Gasteiger partial charge on any atom is -0.368 e. The van der Waals surface area contributed by atoms with Crippen molar-refractivity contribution in [3.63, 3.8) is 0 Å². The number of carbonyl (C=O) groups excluding carboxylic acids is 1. The number of hydrogen-bond acceptors (Lipinski definition) is 6. The number of ether oxygens (including phenoxy) is 1. The first-order valence-corrected chi connectivity index (χ1v) is 13.9. The lowest BCUT2D eigenvalue weighted by Crippen LogP contribution is -2.61. The second-order valence-corrected chi connectivity index (χ2v) is 12.4. The van der Waals surface area contributed by atoms with Crippen molar-refractivity contribution in [2.45, 2.75) is 119 Å². The summed E-state index contributed by atoms with van der Waals surface area (Å²) in [5, 5.41) is 6.89. The molecule has 3 heterocycles. The van der Waals surface area contributed by atoms with Crippen LogP contribution in [0.4, 0.5) is 18.0 Å². The Morgan fingerprint density at radius 3 is 2.68 bits per heavy atom. The van der Waals surface area contributed by atoms with E-state index >= 15 is 8.78 Å². The van der Waals surface area contributed by atoms with E-state index in [1.807, 2.05) is 18.7 Å². The van der Waals surface area contributed by atoms with Gasteiger partial charge in [-0.2, -0.15) is 4.98 Å². The Balaban J connectivity index is 1.11. The molecule has 37 heavy (non-hydrogen) atoms. The van der Waals surface area contributed by atoms with Crippen LogP contribution in [0.3, 0.4) is 0 Å². The zero-order chi connectivity index (χ0) is 26.1. The summed E-state index contributed by atoms with van der Waals surface area (Å²) in [5.74, 6) is -1.17. The number of amides is 2. The topological polar surface area (TPSA) is 83.7 Å². The van der Waals surface area contributed by atoms with E-state index in [1.165, 1.54) is 0 Å². The van der Waals surface area contributed by atoms with Gasteiger partial charge in [0.05, 0.1) is 6.10 Å². The van der Waals surface area contributed by atoms with Crippen LogP contribution >= 0.6 is 0 Å². The van der Waals surface area contributed by atoms with Crippen molar-refractivity contribution < 1.29 is 27.2 Å². The largest absolute Gasteiger partial charge is 0.368 e. The summed E-state index contributed by atoms with van der Waals surface area (Å²) in [6.07, 6.45) is 1.01. The van der Waals surface area contributed by atoms with Gasteiger partial charge in [-0.25, -0.2) is 18.0 Å². The predicted molar refractivity (Wildman–Crippen MR) is 128 cm³/mol. The van der Waals surface area contributed by atoms with Crippen molar-refractivity contribution in [3.05, 3.63) is 11.7 Å². The van der Waals surface area contributed by atoms with Crippen molar-refractivity contribution in [2.24, 2.45) is 5.92 Å². The molecule has 5 fully saturated rings. The Bertz CT molecular complexity index is 1020. The summed E-state index contributed by atoms with van der Waals surface area (Å²) in [7, 11) is 0. The predicted octanol–water partition coefficient (Wildman–Crippen LogP) is 4.01. The van der Waals surface area contributed by atoms with Crippen molar-refractivity contribution in [2.75, 3.05) is 19.6 Å². The number of carbonyl (C=O) groups is 1. The zero-order valence-electron chi connectivity index (χ0n) is 21.8. The van der Waals surface area contributed by atoms with Crippen LogP contribution in [0.2, 0.25) is 0 Å². The van der Waals surface area contributed by atoms with E-state index in [1.54, 1.807) is 4.90 Å². The van der Waals surface area contributed by atoms with E-state index in [0.717, 1.165) is 19.3 Å². The fraction of sp³-hybridized carbons (Fsp3) is 0.885. The Kier molecular flexibility index (Phi) is 6.25. The molecule has 1 aromatic heterocycles. The SMILES string of the molecule is CC(C)N1CC(F)[C@@H](O[C@H]2CCCC(F)(F)C2NC(=O)N2CCC(C)(c3noc(C4CC4)n3)C3CC32)C1. The fourth-order valence-electron chi connectivity index (χ4n) is 6.64. The van der Waals surface area contributed by atoms with Gasteiger partial charge in [-0.1, -0.05) is 12.1 Å². The van der Waals surface area contributed by atoms with Gasteiger partial charge in [0.1, 0.15) is 18.3 Å². The molecule has 0 radical (unpaired) electrons. The van der Waals surface area contributed by atoms with E-state index in [4.69, 9.17) is 9.26 Å². The molecular weight excluding hydrogens is 487 g/mol. The number of alkyl halides is 3. The molecule has 7 atom stereocenters. The first-order valence-electron chi connectivity index (χ1n) is 13.9. The van der Waals surface area contributed by atoms with Crippen molar-refractivity contribution >= 4 is 6.03 Å². The summed E-state index contributed by atoms with van der Waals surface area (Å²) in [5.41, 5.74) is -0.292. The molecule has 5 unspecified atom stereocenters. The maximum Gasteiger partial charge on any atom is 0.318 e. The van der Waals surface area contributed by atoms with E-state index < -0.39 is 36.4 Å². The Labute approximate surface area is 215 Å².